The summed E-state index contributed by atoms with van der Waals surface area (Å²) in [5, 5.41) is 7.64. The van der Waals surface area contributed by atoms with E-state index in [0.717, 1.165) is 22.6 Å². The second kappa shape index (κ2) is 8.61. The van der Waals surface area contributed by atoms with Crippen LogP contribution in [0.2, 0.25) is 0 Å². The Bertz CT molecular complexity index is 1170. The van der Waals surface area contributed by atoms with Crippen molar-refractivity contribution in [3.8, 4) is 11.5 Å². The predicted octanol–water partition coefficient (Wildman–Crippen LogP) is 3.58. The smallest absolute Gasteiger partial charge is 0.281 e. The highest BCUT2D eigenvalue weighted by molar-refractivity contribution is 7.80. The molecule has 1 aromatic heterocycles. The van der Waals surface area contributed by atoms with Crippen molar-refractivity contribution in [2.75, 3.05) is 12.0 Å². The van der Waals surface area contributed by atoms with Crippen molar-refractivity contribution in [2.45, 2.75) is 13.5 Å². The normalized spacial score (nSPS) is 14.8. The summed E-state index contributed by atoms with van der Waals surface area (Å²) in [6.45, 7) is 2.18. The molecule has 4 rings (SSSR count). The largest absolute Gasteiger partial charge is 0.496 e. The Morgan fingerprint density at radius 2 is 1.97 bits per heavy atom. The molecule has 0 bridgehead atoms. The van der Waals surface area contributed by atoms with Crippen LogP contribution in [0.4, 0.5) is 5.69 Å². The van der Waals surface area contributed by atoms with E-state index >= 15 is 0 Å². The number of para-hydroxylation sites is 1. The van der Waals surface area contributed by atoms with E-state index in [-0.39, 0.29) is 5.91 Å². The fraction of sp³-hybridized carbons (Fsp3) is 0.174. The number of amides is 1. The van der Waals surface area contributed by atoms with E-state index in [1.165, 1.54) is 4.90 Å². The van der Waals surface area contributed by atoms with Crippen molar-refractivity contribution in [1.82, 2.24) is 15.1 Å². The van der Waals surface area contributed by atoms with Gasteiger partial charge in [0.15, 0.2) is 5.11 Å². The third-order valence-corrected chi connectivity index (χ3v) is 5.14. The lowest BCUT2D eigenvalue weighted by molar-refractivity contribution is -0.113. The molecule has 2 aromatic carbocycles. The van der Waals surface area contributed by atoms with Gasteiger partial charge in [-0.2, -0.15) is 5.10 Å². The summed E-state index contributed by atoms with van der Waals surface area (Å²) in [5.74, 6) is 1.26. The molecule has 1 amide bonds. The fourth-order valence-electron chi connectivity index (χ4n) is 3.41. The molecule has 7 nitrogen and oxygen atoms in total. The number of methoxy groups -OCH3 is 1. The summed E-state index contributed by atoms with van der Waals surface area (Å²) >= 11 is 5.40. The summed E-state index contributed by atoms with van der Waals surface area (Å²) in [5.41, 5.74) is 3.49. The first kappa shape index (κ1) is 20.6. The van der Waals surface area contributed by atoms with Crippen LogP contribution in [0, 0.1) is 6.92 Å². The van der Waals surface area contributed by atoms with E-state index in [1.54, 1.807) is 31.1 Å². The van der Waals surface area contributed by atoms with Crippen LogP contribution in [0.15, 0.2) is 60.4 Å². The summed E-state index contributed by atoms with van der Waals surface area (Å²) in [6.07, 6.45) is 3.54. The molecule has 1 aliphatic heterocycles. The maximum Gasteiger partial charge on any atom is 0.281 e. The maximum absolute atomic E-state index is 13.0. The number of rotatable bonds is 6. The monoisotopic (exact) mass is 434 g/mol. The van der Waals surface area contributed by atoms with Crippen molar-refractivity contribution >= 4 is 35.0 Å². The lowest BCUT2D eigenvalue weighted by atomic mass is 10.1. The summed E-state index contributed by atoms with van der Waals surface area (Å²) in [6, 6.07) is 15.2. The molecule has 1 saturated heterocycles. The lowest BCUT2D eigenvalue weighted by Crippen LogP contribution is -2.30. The number of benzene rings is 2. The first-order chi connectivity index (χ1) is 15.0. The summed E-state index contributed by atoms with van der Waals surface area (Å²) in [4.78, 5) is 14.5. The van der Waals surface area contributed by atoms with Gasteiger partial charge in [0.2, 0.25) is 0 Å². The number of hydrogen-bond donors (Lipinski definition) is 1. The number of thiocarbonyl (C=S) groups is 1. The minimum atomic E-state index is -0.223. The average molecular weight is 435 g/mol. The number of nitrogens with one attached hydrogen (secondary N) is 1. The number of ether oxygens (including phenoxy) is 2. The molecule has 0 saturated carbocycles. The molecular formula is C23H22N4O3S. The lowest BCUT2D eigenvalue weighted by Gasteiger charge is -2.12. The van der Waals surface area contributed by atoms with Crippen molar-refractivity contribution in [3.05, 3.63) is 77.2 Å². The van der Waals surface area contributed by atoms with Crippen LogP contribution in [0.1, 0.15) is 16.8 Å². The molecule has 0 unspecified atom stereocenters. The van der Waals surface area contributed by atoms with Gasteiger partial charge in [-0.25, -0.2) is 4.90 Å². The molecule has 0 radical (unpaired) electrons. The topological polar surface area (TPSA) is 68.6 Å². The minimum absolute atomic E-state index is 0.223. The Kier molecular flexibility index (Phi) is 5.73. The minimum Gasteiger partial charge on any atom is -0.496 e. The van der Waals surface area contributed by atoms with Gasteiger partial charge < -0.3 is 14.8 Å². The highest BCUT2D eigenvalue weighted by Gasteiger charge is 2.33. The van der Waals surface area contributed by atoms with Gasteiger partial charge in [0.05, 0.1) is 18.5 Å². The molecule has 1 fully saturated rings. The van der Waals surface area contributed by atoms with Crippen LogP contribution in [0.5, 0.6) is 11.5 Å². The molecule has 1 aliphatic rings. The second-order valence-electron chi connectivity index (χ2n) is 7.08. The van der Waals surface area contributed by atoms with E-state index in [9.17, 15) is 4.79 Å². The zero-order valence-electron chi connectivity index (χ0n) is 17.5. The number of aryl methyl sites for hydroxylation is 2. The van der Waals surface area contributed by atoms with Crippen LogP contribution in [0.25, 0.3) is 6.08 Å². The van der Waals surface area contributed by atoms with Gasteiger partial charge in [-0.1, -0.05) is 24.3 Å². The van der Waals surface area contributed by atoms with Gasteiger partial charge in [-0.05, 0) is 55.0 Å². The Hall–Kier alpha value is -3.65. The molecule has 0 spiro atoms. The van der Waals surface area contributed by atoms with E-state index in [4.69, 9.17) is 21.7 Å². The van der Waals surface area contributed by atoms with E-state index in [0.29, 0.717) is 28.9 Å². The third-order valence-electron chi connectivity index (χ3n) is 4.86. The molecule has 31 heavy (non-hydrogen) atoms. The van der Waals surface area contributed by atoms with Crippen LogP contribution in [-0.2, 0) is 18.4 Å². The van der Waals surface area contributed by atoms with Crippen LogP contribution >= 0.6 is 12.2 Å². The number of nitrogens with zero attached hydrogens (tertiary/aromatic N) is 3. The maximum atomic E-state index is 13.0. The first-order valence-electron chi connectivity index (χ1n) is 9.68. The Morgan fingerprint density at radius 1 is 1.19 bits per heavy atom. The van der Waals surface area contributed by atoms with Crippen molar-refractivity contribution in [3.63, 3.8) is 0 Å². The second-order valence-corrected chi connectivity index (χ2v) is 7.46. The van der Waals surface area contributed by atoms with Gasteiger partial charge >= 0.3 is 0 Å². The van der Waals surface area contributed by atoms with Gasteiger partial charge in [-0.15, -0.1) is 0 Å². The van der Waals surface area contributed by atoms with Gasteiger partial charge in [0.25, 0.3) is 5.91 Å². The molecule has 158 valence electrons. The Labute approximate surface area is 185 Å². The summed E-state index contributed by atoms with van der Waals surface area (Å²) < 4.78 is 13.0. The van der Waals surface area contributed by atoms with E-state index in [1.807, 2.05) is 55.5 Å². The van der Waals surface area contributed by atoms with Crippen molar-refractivity contribution < 1.29 is 14.3 Å². The highest BCUT2D eigenvalue weighted by atomic mass is 32.1. The molecule has 0 atom stereocenters. The van der Waals surface area contributed by atoms with Crippen LogP contribution < -0.4 is 19.7 Å². The SMILES string of the molecule is COc1ccc(/C=C2/NC(=S)N(c3cn(C)nc3C)C2=O)cc1COc1ccccc1. The molecule has 1 N–H and O–H groups in total. The molecule has 8 heteroatoms. The van der Waals surface area contributed by atoms with Crippen molar-refractivity contribution in [1.29, 1.82) is 0 Å². The number of carbonyl (C=O) groups is 1. The quantitative estimate of drug-likeness (QED) is 0.473. The van der Waals surface area contributed by atoms with Crippen LogP contribution in [0.3, 0.4) is 0 Å². The molecular weight excluding hydrogens is 412 g/mol. The Morgan fingerprint density at radius 3 is 2.65 bits per heavy atom. The summed E-state index contributed by atoms with van der Waals surface area (Å²) in [7, 11) is 3.43. The Balaban J connectivity index is 1.59. The molecule has 0 aliphatic carbocycles. The number of aromatic nitrogens is 2. The zero-order valence-corrected chi connectivity index (χ0v) is 18.3. The predicted molar refractivity (Wildman–Crippen MR) is 123 cm³/mol. The van der Waals surface area contributed by atoms with Crippen LogP contribution in [-0.4, -0.2) is 27.9 Å². The van der Waals surface area contributed by atoms with E-state index < -0.39 is 0 Å². The molecule has 3 aromatic rings. The highest BCUT2D eigenvalue weighted by Crippen LogP contribution is 2.27. The first-order valence-corrected chi connectivity index (χ1v) is 10.1. The number of carbonyl (C=O) groups excluding carboxylic acids is 1. The van der Waals surface area contributed by atoms with Gasteiger partial charge in [0.1, 0.15) is 23.8 Å². The van der Waals surface area contributed by atoms with Gasteiger partial charge in [0, 0.05) is 18.8 Å². The number of hydrogen-bond acceptors (Lipinski definition) is 5. The fourth-order valence-corrected chi connectivity index (χ4v) is 3.70. The third kappa shape index (κ3) is 4.29. The van der Waals surface area contributed by atoms with E-state index in [2.05, 4.69) is 10.4 Å². The molecule has 2 heterocycles. The van der Waals surface area contributed by atoms with Gasteiger partial charge in [-0.3, -0.25) is 9.48 Å². The zero-order chi connectivity index (χ0) is 22.0. The van der Waals surface area contributed by atoms with Crippen molar-refractivity contribution in [2.24, 2.45) is 7.05 Å². The average Bonchev–Trinajstić information content (AvgIpc) is 3.23. The standard InChI is InChI=1S/C23H22N4O3S/c1-15-20(13-26(2)25-15)27-22(28)19(24-23(27)31)12-16-9-10-21(29-3)17(11-16)14-30-18-7-5-4-6-8-18/h4-13H,14H2,1-3H3,(H,24,31)/b19-12+. The number of anilines is 1.